The number of fused-ring (bicyclic) bond motifs is 4. The summed E-state index contributed by atoms with van der Waals surface area (Å²) in [7, 11) is 0. The Balaban J connectivity index is 0.948. The van der Waals surface area contributed by atoms with E-state index in [0.717, 1.165) is 94.5 Å². The lowest BCUT2D eigenvalue weighted by Crippen LogP contribution is -2.39. The average molecular weight is 866 g/mol. The van der Waals surface area contributed by atoms with Gasteiger partial charge in [-0.1, -0.05) is 183 Å². The van der Waals surface area contributed by atoms with Gasteiger partial charge in [-0.15, -0.1) is 5.10 Å². The maximum atomic E-state index is 14.7. The summed E-state index contributed by atoms with van der Waals surface area (Å²) in [5, 5.41) is 16.7. The van der Waals surface area contributed by atoms with Crippen molar-refractivity contribution in [2.75, 3.05) is 6.54 Å². The number of nitrogens with zero attached hydrogens (tertiary/aromatic N) is 7. The van der Waals surface area contributed by atoms with Gasteiger partial charge in [0, 0.05) is 24.9 Å². The summed E-state index contributed by atoms with van der Waals surface area (Å²) in [4.78, 5) is 26.6. The van der Waals surface area contributed by atoms with Gasteiger partial charge in [0.15, 0.2) is 5.82 Å². The molecule has 326 valence electrons. The van der Waals surface area contributed by atoms with Crippen LogP contribution in [0.15, 0.2) is 187 Å². The maximum Gasteiger partial charge on any atom is 0.261 e. The Morgan fingerprint density at radius 2 is 1.36 bits per heavy atom. The molecular formula is C57H51N7O2. The van der Waals surface area contributed by atoms with Crippen molar-refractivity contribution >= 4 is 10.9 Å². The van der Waals surface area contributed by atoms with Crippen molar-refractivity contribution in [1.29, 1.82) is 0 Å². The minimum Gasteiger partial charge on any atom is -0.292 e. The average Bonchev–Trinajstić information content (AvgIpc) is 4.01. The quantitative estimate of drug-likeness (QED) is 0.113. The number of aryl methyl sites for hydroxylation is 1. The lowest BCUT2D eigenvalue weighted by Gasteiger charge is -2.36. The van der Waals surface area contributed by atoms with Crippen molar-refractivity contribution in [3.05, 3.63) is 237 Å². The second-order valence-electron chi connectivity index (χ2n) is 17.9. The summed E-state index contributed by atoms with van der Waals surface area (Å²) in [6.07, 6.45) is 4.43. The first kappa shape index (κ1) is 41.4. The number of rotatable bonds is 12. The fourth-order valence-electron chi connectivity index (χ4n) is 10.5. The Labute approximate surface area is 385 Å². The van der Waals surface area contributed by atoms with E-state index in [4.69, 9.17) is 20.1 Å². The van der Waals surface area contributed by atoms with Gasteiger partial charge in [-0.25, -0.2) is 9.67 Å². The Morgan fingerprint density at radius 3 is 2.05 bits per heavy atom. The third kappa shape index (κ3) is 7.16. The molecule has 0 spiro atoms. The predicted octanol–water partition coefficient (Wildman–Crippen LogP) is 11.1. The zero-order chi connectivity index (χ0) is 44.7. The molecule has 7 aromatic carbocycles. The molecule has 2 aromatic heterocycles. The van der Waals surface area contributed by atoms with E-state index in [1.54, 1.807) is 0 Å². The number of hydroxylamine groups is 2. The maximum absolute atomic E-state index is 14.7. The van der Waals surface area contributed by atoms with Crippen molar-refractivity contribution in [1.82, 2.24) is 34.8 Å². The summed E-state index contributed by atoms with van der Waals surface area (Å²) in [6.45, 7) is 5.58. The Hall–Kier alpha value is -7.33. The highest BCUT2D eigenvalue weighted by molar-refractivity contribution is 5.81. The number of unbranched alkanes of at least 4 members (excludes halogenated alkanes) is 1. The molecule has 0 saturated carbocycles. The Kier molecular flexibility index (Phi) is 10.8. The highest BCUT2D eigenvalue weighted by Gasteiger charge is 2.46. The number of tetrazole rings is 1. The molecule has 0 radical (unpaired) electrons. The lowest BCUT2D eigenvalue weighted by molar-refractivity contribution is -0.206. The Morgan fingerprint density at radius 1 is 0.727 bits per heavy atom. The van der Waals surface area contributed by atoms with Gasteiger partial charge in [0.2, 0.25) is 0 Å². The van der Waals surface area contributed by atoms with E-state index in [9.17, 15) is 4.79 Å². The first-order valence-corrected chi connectivity index (χ1v) is 23.2. The zero-order valence-electron chi connectivity index (χ0n) is 37.3. The van der Waals surface area contributed by atoms with Gasteiger partial charge >= 0.3 is 0 Å². The molecule has 0 unspecified atom stereocenters. The molecule has 9 aromatic rings. The summed E-state index contributed by atoms with van der Waals surface area (Å²) in [6, 6.07) is 63.2. The van der Waals surface area contributed by atoms with Gasteiger partial charge in [-0.3, -0.25) is 14.2 Å². The molecule has 0 N–H and O–H groups in total. The molecule has 4 heterocycles. The summed E-state index contributed by atoms with van der Waals surface area (Å²) in [5.74, 6) is 1.44. The monoisotopic (exact) mass is 865 g/mol. The molecule has 0 bridgehead atoms. The third-order valence-corrected chi connectivity index (χ3v) is 13.8. The van der Waals surface area contributed by atoms with E-state index < -0.39 is 11.1 Å². The van der Waals surface area contributed by atoms with E-state index in [0.29, 0.717) is 17.8 Å². The van der Waals surface area contributed by atoms with Crippen LogP contribution in [0.1, 0.15) is 83.9 Å². The van der Waals surface area contributed by atoms with Gasteiger partial charge in [-0.2, -0.15) is 5.06 Å². The molecule has 0 amide bonds. The molecule has 1 fully saturated rings. The van der Waals surface area contributed by atoms with Gasteiger partial charge in [0.1, 0.15) is 17.0 Å². The SMILES string of the molecule is CCCCc1nc2ccc([C@]3(C)C[C@@H]4c5ccccc5CCN4O3)cc2c(=O)n1Cc1ccc(-c2ccccc2-c2nnnn2C(c2ccccc2)(c2ccccc2)c2ccccc2)cc1. The summed E-state index contributed by atoms with van der Waals surface area (Å²) in [5.41, 5.74) is 9.98. The molecule has 0 aliphatic carbocycles. The minimum atomic E-state index is -0.888. The predicted molar refractivity (Wildman–Crippen MR) is 260 cm³/mol. The third-order valence-electron chi connectivity index (χ3n) is 13.8. The van der Waals surface area contributed by atoms with Crippen LogP contribution in [0, 0.1) is 0 Å². The highest BCUT2D eigenvalue weighted by Crippen LogP contribution is 2.49. The standard InChI is InChI=1S/C57H51N7O2/c1-3-4-28-53-58-51-34-33-46(56(2)38-52-48-26-15-14-18-41(48)35-36-63(52)66-56)37-50(51)55(65)62(53)39-40-29-31-42(32-30-40)47-25-16-17-27-49(47)54-59-60-61-64(54)57(43-19-8-5-9-20-43,44-21-10-6-11-22-44)45-23-12-7-13-24-45/h5-27,29-34,37,52H,3-4,28,35-36,38-39H2,1-2H3/t52-,56+/m1/s1. The molecular weight excluding hydrogens is 815 g/mol. The van der Waals surface area contributed by atoms with Crippen molar-refractivity contribution in [3.63, 3.8) is 0 Å². The smallest absolute Gasteiger partial charge is 0.261 e. The highest BCUT2D eigenvalue weighted by atomic mass is 16.7. The van der Waals surface area contributed by atoms with Gasteiger partial charge in [-0.05, 0) is 92.4 Å². The number of aromatic nitrogens is 6. The molecule has 11 rings (SSSR count). The number of hydrogen-bond donors (Lipinski definition) is 0. The zero-order valence-corrected chi connectivity index (χ0v) is 37.3. The van der Waals surface area contributed by atoms with E-state index >= 15 is 0 Å². The number of hydrogen-bond acceptors (Lipinski definition) is 7. The van der Waals surface area contributed by atoms with Crippen LogP contribution >= 0.6 is 0 Å². The van der Waals surface area contributed by atoms with Crippen LogP contribution in [-0.4, -0.2) is 41.4 Å². The first-order valence-electron chi connectivity index (χ1n) is 23.2. The Bertz CT molecular complexity index is 3130. The molecule has 2 aliphatic heterocycles. The fraction of sp³-hybridized carbons (Fsp3) is 0.211. The van der Waals surface area contributed by atoms with Crippen molar-refractivity contribution in [3.8, 4) is 22.5 Å². The minimum absolute atomic E-state index is 0.0300. The summed E-state index contributed by atoms with van der Waals surface area (Å²) >= 11 is 0. The van der Waals surface area contributed by atoms with Gasteiger partial charge in [0.05, 0.1) is 23.5 Å². The van der Waals surface area contributed by atoms with Crippen molar-refractivity contribution < 1.29 is 4.84 Å². The largest absolute Gasteiger partial charge is 0.292 e. The molecule has 9 heteroatoms. The lowest BCUT2D eigenvalue weighted by atomic mass is 9.77. The van der Waals surface area contributed by atoms with Crippen molar-refractivity contribution in [2.45, 2.75) is 69.7 Å². The van der Waals surface area contributed by atoms with E-state index in [-0.39, 0.29) is 11.6 Å². The van der Waals surface area contributed by atoms with E-state index in [2.05, 4.69) is 170 Å². The van der Waals surface area contributed by atoms with Gasteiger partial charge < -0.3 is 0 Å². The van der Waals surface area contributed by atoms with Crippen LogP contribution in [0.3, 0.4) is 0 Å². The van der Waals surface area contributed by atoms with Crippen LogP contribution in [0.5, 0.6) is 0 Å². The molecule has 9 nitrogen and oxygen atoms in total. The molecule has 66 heavy (non-hydrogen) atoms. The van der Waals surface area contributed by atoms with E-state index in [1.807, 2.05) is 45.6 Å². The van der Waals surface area contributed by atoms with Crippen LogP contribution in [0.2, 0.25) is 0 Å². The summed E-state index contributed by atoms with van der Waals surface area (Å²) < 4.78 is 3.86. The van der Waals surface area contributed by atoms with Crippen LogP contribution in [0.25, 0.3) is 33.4 Å². The van der Waals surface area contributed by atoms with Crippen LogP contribution in [0.4, 0.5) is 0 Å². The van der Waals surface area contributed by atoms with E-state index in [1.165, 1.54) is 11.1 Å². The van der Waals surface area contributed by atoms with Gasteiger partial charge in [0.25, 0.3) is 5.56 Å². The van der Waals surface area contributed by atoms with Crippen LogP contribution < -0.4 is 5.56 Å². The van der Waals surface area contributed by atoms with Crippen molar-refractivity contribution in [2.24, 2.45) is 0 Å². The molecule has 2 atom stereocenters. The molecule has 1 saturated heterocycles. The second-order valence-corrected chi connectivity index (χ2v) is 17.9. The normalized spacial score (nSPS) is 17.2. The number of benzene rings is 7. The topological polar surface area (TPSA) is 91.0 Å². The fourth-order valence-corrected chi connectivity index (χ4v) is 10.5. The van der Waals surface area contributed by atoms with Crippen LogP contribution in [-0.2, 0) is 35.4 Å². The second kappa shape index (κ2) is 17.2. The molecule has 2 aliphatic rings. The first-order chi connectivity index (χ1) is 32.4.